The number of likely N-dealkylation sites (tertiary alicyclic amines) is 2. The van der Waals surface area contributed by atoms with Crippen molar-refractivity contribution in [3.05, 3.63) is 0 Å². The molecule has 0 radical (unpaired) electrons. The monoisotopic (exact) mass is 210 g/mol. The van der Waals surface area contributed by atoms with Gasteiger partial charge in [-0.3, -0.25) is 4.90 Å². The van der Waals surface area contributed by atoms with E-state index in [1.54, 1.807) is 0 Å². The van der Waals surface area contributed by atoms with Crippen LogP contribution in [-0.4, -0.2) is 47.6 Å². The molecule has 0 aromatic heterocycles. The van der Waals surface area contributed by atoms with E-state index in [4.69, 9.17) is 0 Å². The fourth-order valence-electron chi connectivity index (χ4n) is 3.36. The molecule has 0 spiro atoms. The second-order valence-electron chi connectivity index (χ2n) is 6.05. The maximum atomic E-state index is 2.77. The quantitative estimate of drug-likeness (QED) is 0.703. The van der Waals surface area contributed by atoms with Gasteiger partial charge in [-0.2, -0.15) is 0 Å². The summed E-state index contributed by atoms with van der Waals surface area (Å²) in [5, 5.41) is 0. The molecule has 2 nitrogen and oxygen atoms in total. The maximum absolute atomic E-state index is 2.77. The van der Waals surface area contributed by atoms with Crippen molar-refractivity contribution in [1.82, 2.24) is 9.80 Å². The largest absolute Gasteiger partial charge is 0.301 e. The third-order valence-corrected chi connectivity index (χ3v) is 4.43. The third-order valence-electron chi connectivity index (χ3n) is 4.43. The normalized spacial score (nSPS) is 32.8. The van der Waals surface area contributed by atoms with Gasteiger partial charge in [-0.25, -0.2) is 0 Å². The predicted octanol–water partition coefficient (Wildman–Crippen LogP) is 2.34. The number of unbranched alkanes of at least 4 members (excludes halogenated alkanes) is 1. The molecule has 0 aromatic rings. The van der Waals surface area contributed by atoms with E-state index in [0.717, 1.165) is 12.1 Å². The molecule has 0 N–H and O–H groups in total. The summed E-state index contributed by atoms with van der Waals surface area (Å²) in [6, 6.07) is 1.68. The Kier molecular flexibility index (Phi) is 3.09. The Morgan fingerprint density at radius 2 is 1.93 bits per heavy atom. The standard InChI is InChI=1S/C13H26N2/c1-5-6-7-13(2,3)15-10-11-8-12(15)9-14(11)4/h11-12H,5-10H2,1-4H3/t11?,12-/m0/s1. The zero-order chi connectivity index (χ0) is 11.1. The molecule has 0 amide bonds. The molecule has 2 atom stereocenters. The highest BCUT2D eigenvalue weighted by molar-refractivity contribution is 5.03. The van der Waals surface area contributed by atoms with Crippen LogP contribution in [0.2, 0.25) is 0 Å². The predicted molar refractivity (Wildman–Crippen MR) is 65.1 cm³/mol. The first-order valence-electron chi connectivity index (χ1n) is 6.51. The number of hydrogen-bond donors (Lipinski definition) is 0. The van der Waals surface area contributed by atoms with Gasteiger partial charge in [-0.1, -0.05) is 19.8 Å². The van der Waals surface area contributed by atoms with Crippen LogP contribution in [0.1, 0.15) is 46.5 Å². The zero-order valence-electron chi connectivity index (χ0n) is 10.8. The summed E-state index contributed by atoms with van der Waals surface area (Å²) in [5.41, 5.74) is 0.427. The minimum absolute atomic E-state index is 0.427. The summed E-state index contributed by atoms with van der Waals surface area (Å²) < 4.78 is 0. The summed E-state index contributed by atoms with van der Waals surface area (Å²) in [6.45, 7) is 9.75. The van der Waals surface area contributed by atoms with E-state index in [1.165, 1.54) is 38.8 Å². The average Bonchev–Trinajstić information content (AvgIpc) is 2.73. The molecule has 2 aliphatic heterocycles. The van der Waals surface area contributed by atoms with Crippen LogP contribution in [0, 0.1) is 0 Å². The highest BCUT2D eigenvalue weighted by atomic mass is 15.4. The molecule has 15 heavy (non-hydrogen) atoms. The molecule has 0 saturated carbocycles. The number of nitrogens with zero attached hydrogens (tertiary/aromatic N) is 2. The van der Waals surface area contributed by atoms with Gasteiger partial charge in [0, 0.05) is 30.7 Å². The minimum atomic E-state index is 0.427. The lowest BCUT2D eigenvalue weighted by molar-refractivity contribution is 0.0494. The van der Waals surface area contributed by atoms with Gasteiger partial charge >= 0.3 is 0 Å². The lowest BCUT2D eigenvalue weighted by Gasteiger charge is -2.43. The van der Waals surface area contributed by atoms with Gasteiger partial charge < -0.3 is 4.90 Å². The van der Waals surface area contributed by atoms with Crippen molar-refractivity contribution in [2.24, 2.45) is 0 Å². The van der Waals surface area contributed by atoms with Gasteiger partial charge in [0.25, 0.3) is 0 Å². The van der Waals surface area contributed by atoms with Crippen LogP contribution in [0.3, 0.4) is 0 Å². The lowest BCUT2D eigenvalue weighted by atomic mass is 9.94. The molecule has 2 fully saturated rings. The number of rotatable bonds is 4. The van der Waals surface area contributed by atoms with Crippen molar-refractivity contribution in [3.8, 4) is 0 Å². The topological polar surface area (TPSA) is 6.48 Å². The van der Waals surface area contributed by atoms with E-state index >= 15 is 0 Å². The molecular formula is C13H26N2. The average molecular weight is 210 g/mol. The van der Waals surface area contributed by atoms with E-state index < -0.39 is 0 Å². The molecule has 2 heterocycles. The maximum Gasteiger partial charge on any atom is 0.0244 e. The highest BCUT2D eigenvalue weighted by Crippen LogP contribution is 2.36. The van der Waals surface area contributed by atoms with Gasteiger partial charge in [-0.15, -0.1) is 0 Å². The molecule has 2 heteroatoms. The van der Waals surface area contributed by atoms with Crippen LogP contribution in [0.5, 0.6) is 0 Å². The summed E-state index contributed by atoms with van der Waals surface area (Å²) in [6.07, 6.45) is 5.46. The van der Waals surface area contributed by atoms with Crippen LogP contribution in [0.15, 0.2) is 0 Å². The van der Waals surface area contributed by atoms with Gasteiger partial charge in [0.2, 0.25) is 0 Å². The zero-order valence-corrected chi connectivity index (χ0v) is 10.8. The SMILES string of the molecule is CCCCC(C)(C)N1CC2C[C@H]1CN2C. The second kappa shape index (κ2) is 4.06. The first-order chi connectivity index (χ1) is 7.04. The Hall–Kier alpha value is -0.0800. The molecule has 1 unspecified atom stereocenters. The molecule has 0 aliphatic carbocycles. The number of likely N-dealkylation sites (N-methyl/N-ethyl adjacent to an activating group) is 1. The first kappa shape index (κ1) is 11.4. The van der Waals surface area contributed by atoms with Crippen molar-refractivity contribution in [3.63, 3.8) is 0 Å². The summed E-state index contributed by atoms with van der Waals surface area (Å²) >= 11 is 0. The van der Waals surface area contributed by atoms with E-state index in [-0.39, 0.29) is 0 Å². The number of fused-ring (bicyclic) bond motifs is 2. The fraction of sp³-hybridized carbons (Fsp3) is 1.00. The highest BCUT2D eigenvalue weighted by Gasteiger charge is 2.46. The minimum Gasteiger partial charge on any atom is -0.301 e. The summed E-state index contributed by atoms with van der Waals surface area (Å²) in [7, 11) is 2.28. The van der Waals surface area contributed by atoms with E-state index in [2.05, 4.69) is 37.6 Å². The molecule has 2 rings (SSSR count). The van der Waals surface area contributed by atoms with Crippen LogP contribution in [0.4, 0.5) is 0 Å². The van der Waals surface area contributed by atoms with Gasteiger partial charge in [-0.05, 0) is 33.7 Å². The van der Waals surface area contributed by atoms with E-state index in [0.29, 0.717) is 5.54 Å². The van der Waals surface area contributed by atoms with Gasteiger partial charge in [0.1, 0.15) is 0 Å². The van der Waals surface area contributed by atoms with Crippen LogP contribution in [-0.2, 0) is 0 Å². The van der Waals surface area contributed by atoms with E-state index in [9.17, 15) is 0 Å². The van der Waals surface area contributed by atoms with Crippen molar-refractivity contribution in [1.29, 1.82) is 0 Å². The van der Waals surface area contributed by atoms with Crippen LogP contribution in [0.25, 0.3) is 0 Å². The van der Waals surface area contributed by atoms with E-state index in [1.807, 2.05) is 0 Å². The molecular weight excluding hydrogens is 184 g/mol. The molecule has 2 saturated heterocycles. The molecule has 2 bridgehead atoms. The Morgan fingerprint density at radius 3 is 2.40 bits per heavy atom. The Balaban J connectivity index is 1.95. The van der Waals surface area contributed by atoms with Gasteiger partial charge in [0.15, 0.2) is 0 Å². The van der Waals surface area contributed by atoms with Crippen molar-refractivity contribution in [2.45, 2.75) is 64.1 Å². The smallest absolute Gasteiger partial charge is 0.0244 e. The Labute approximate surface area is 94.6 Å². The van der Waals surface area contributed by atoms with Crippen molar-refractivity contribution < 1.29 is 0 Å². The molecule has 88 valence electrons. The first-order valence-corrected chi connectivity index (χ1v) is 6.51. The summed E-state index contributed by atoms with van der Waals surface area (Å²) in [4.78, 5) is 5.31. The molecule has 0 aromatic carbocycles. The third kappa shape index (κ3) is 2.07. The Morgan fingerprint density at radius 1 is 1.20 bits per heavy atom. The van der Waals surface area contributed by atoms with Crippen LogP contribution >= 0.6 is 0 Å². The van der Waals surface area contributed by atoms with Gasteiger partial charge in [0.05, 0.1) is 0 Å². The lowest BCUT2D eigenvalue weighted by Crippen LogP contribution is -2.53. The number of hydrogen-bond acceptors (Lipinski definition) is 2. The molecule has 2 aliphatic rings. The van der Waals surface area contributed by atoms with Crippen molar-refractivity contribution >= 4 is 0 Å². The number of piperazine rings is 1. The summed E-state index contributed by atoms with van der Waals surface area (Å²) in [5.74, 6) is 0. The van der Waals surface area contributed by atoms with Crippen LogP contribution < -0.4 is 0 Å². The second-order valence-corrected chi connectivity index (χ2v) is 6.05. The Bertz CT molecular complexity index is 223. The fourth-order valence-corrected chi connectivity index (χ4v) is 3.36. The van der Waals surface area contributed by atoms with Crippen molar-refractivity contribution in [2.75, 3.05) is 20.1 Å².